The van der Waals surface area contributed by atoms with Crippen molar-refractivity contribution in [2.24, 2.45) is 7.05 Å². The molecule has 0 saturated heterocycles. The lowest BCUT2D eigenvalue weighted by atomic mass is 10.1. The Bertz CT molecular complexity index is 629. The van der Waals surface area contributed by atoms with Crippen molar-refractivity contribution in [2.75, 3.05) is 11.1 Å². The molecule has 20 heavy (non-hydrogen) atoms. The molecule has 0 unspecified atom stereocenters. The minimum absolute atomic E-state index is 0.122. The number of rotatable bonds is 3. The van der Waals surface area contributed by atoms with Gasteiger partial charge in [0.2, 0.25) is 0 Å². The lowest BCUT2D eigenvalue weighted by molar-refractivity contribution is 0.588. The van der Waals surface area contributed by atoms with E-state index in [-0.39, 0.29) is 11.6 Å². The third-order valence-electron chi connectivity index (χ3n) is 2.91. The van der Waals surface area contributed by atoms with Crippen LogP contribution in [0, 0.1) is 11.6 Å². The number of aromatic nitrogens is 2. The van der Waals surface area contributed by atoms with Crippen LogP contribution < -0.4 is 11.1 Å². The van der Waals surface area contributed by atoms with Gasteiger partial charge in [-0.1, -0.05) is 29.8 Å². The van der Waals surface area contributed by atoms with E-state index in [1.165, 1.54) is 16.8 Å². The second-order valence-corrected chi connectivity index (χ2v) is 5.71. The van der Waals surface area contributed by atoms with Crippen molar-refractivity contribution < 1.29 is 8.78 Å². The zero-order chi connectivity index (χ0) is 15.0. The molecular weight excluding hydrogens is 330 g/mol. The van der Waals surface area contributed by atoms with E-state index in [0.29, 0.717) is 21.7 Å². The van der Waals surface area contributed by atoms with Crippen LogP contribution in [0.15, 0.2) is 16.6 Å². The van der Waals surface area contributed by atoms with Gasteiger partial charge < -0.3 is 11.1 Å². The fourth-order valence-corrected chi connectivity index (χ4v) is 2.32. The first-order valence-corrected chi connectivity index (χ1v) is 6.84. The van der Waals surface area contributed by atoms with E-state index in [0.717, 1.165) is 0 Å². The summed E-state index contributed by atoms with van der Waals surface area (Å²) in [5.74, 6) is -0.919. The molecule has 0 aliphatic carbocycles. The Hall–Kier alpha value is -1.63. The Morgan fingerprint density at radius 3 is 2.30 bits per heavy atom. The van der Waals surface area contributed by atoms with E-state index in [9.17, 15) is 8.78 Å². The van der Waals surface area contributed by atoms with Crippen LogP contribution in [0.4, 0.5) is 26.0 Å². The van der Waals surface area contributed by atoms with Crippen molar-refractivity contribution in [1.82, 2.24) is 9.78 Å². The maximum atomic E-state index is 13.8. The summed E-state index contributed by atoms with van der Waals surface area (Å²) < 4.78 is 29.5. The number of hydrogen-bond donors (Lipinski definition) is 2. The summed E-state index contributed by atoms with van der Waals surface area (Å²) >= 11 is 3.03. The number of aryl methyl sites for hydroxylation is 1. The molecule has 1 aromatic carbocycles. The van der Waals surface area contributed by atoms with Gasteiger partial charge in [0.05, 0.1) is 11.4 Å². The van der Waals surface area contributed by atoms with Crippen molar-refractivity contribution in [3.63, 3.8) is 0 Å². The zero-order valence-corrected chi connectivity index (χ0v) is 12.9. The fourth-order valence-electron chi connectivity index (χ4n) is 1.92. The number of benzene rings is 1. The molecule has 1 heterocycles. The van der Waals surface area contributed by atoms with E-state index in [1.807, 2.05) is 13.8 Å². The standard InChI is InChI=1S/C13H15BrF2N4/c1-6(2)11-10(17)13(20(3)19-11)18-12-8(15)4-7(14)5-9(12)16/h4-6,18H,17H2,1-3H3. The second-order valence-electron chi connectivity index (χ2n) is 4.80. The van der Waals surface area contributed by atoms with Gasteiger partial charge in [-0.3, -0.25) is 4.68 Å². The van der Waals surface area contributed by atoms with Crippen LogP contribution in [0.25, 0.3) is 0 Å². The third kappa shape index (κ3) is 2.63. The maximum absolute atomic E-state index is 13.8. The largest absolute Gasteiger partial charge is 0.394 e. The van der Waals surface area contributed by atoms with E-state index in [4.69, 9.17) is 5.73 Å². The highest BCUT2D eigenvalue weighted by atomic mass is 79.9. The third-order valence-corrected chi connectivity index (χ3v) is 3.37. The molecule has 0 bridgehead atoms. The molecule has 108 valence electrons. The number of halogens is 3. The first kappa shape index (κ1) is 14.8. The summed E-state index contributed by atoms with van der Waals surface area (Å²) in [6.07, 6.45) is 0. The highest BCUT2D eigenvalue weighted by Gasteiger charge is 2.19. The van der Waals surface area contributed by atoms with Gasteiger partial charge in [0.25, 0.3) is 0 Å². The number of anilines is 3. The van der Waals surface area contributed by atoms with E-state index >= 15 is 0 Å². The van der Waals surface area contributed by atoms with Crippen molar-refractivity contribution >= 4 is 33.1 Å². The molecule has 0 fully saturated rings. The molecule has 0 atom stereocenters. The van der Waals surface area contributed by atoms with Crippen LogP contribution in [0.5, 0.6) is 0 Å². The molecule has 0 amide bonds. The minimum atomic E-state index is -0.705. The smallest absolute Gasteiger partial charge is 0.152 e. The summed E-state index contributed by atoms with van der Waals surface area (Å²) in [6.45, 7) is 3.90. The van der Waals surface area contributed by atoms with Crippen LogP contribution in [0.3, 0.4) is 0 Å². The number of nitrogen functional groups attached to an aromatic ring is 1. The first-order chi connectivity index (χ1) is 9.31. The van der Waals surface area contributed by atoms with Gasteiger partial charge in [0, 0.05) is 11.5 Å². The van der Waals surface area contributed by atoms with Gasteiger partial charge in [-0.05, 0) is 18.1 Å². The average Bonchev–Trinajstić information content (AvgIpc) is 2.60. The van der Waals surface area contributed by atoms with Gasteiger partial charge in [0.15, 0.2) is 17.5 Å². The van der Waals surface area contributed by atoms with Gasteiger partial charge in [0.1, 0.15) is 5.69 Å². The maximum Gasteiger partial charge on any atom is 0.152 e. The monoisotopic (exact) mass is 344 g/mol. The number of hydrogen-bond acceptors (Lipinski definition) is 3. The highest BCUT2D eigenvalue weighted by Crippen LogP contribution is 2.32. The molecule has 4 nitrogen and oxygen atoms in total. The van der Waals surface area contributed by atoms with Crippen LogP contribution in [0.1, 0.15) is 25.5 Å². The fraction of sp³-hybridized carbons (Fsp3) is 0.308. The lowest BCUT2D eigenvalue weighted by Crippen LogP contribution is -2.04. The number of nitrogens with two attached hydrogens (primary N) is 1. The molecule has 1 aromatic heterocycles. The predicted molar refractivity (Wildman–Crippen MR) is 79.1 cm³/mol. The Balaban J connectivity index is 2.46. The Morgan fingerprint density at radius 1 is 1.30 bits per heavy atom. The molecule has 2 rings (SSSR count). The van der Waals surface area contributed by atoms with Gasteiger partial charge in [-0.25, -0.2) is 8.78 Å². The Kier molecular flexibility index (Phi) is 3.99. The van der Waals surface area contributed by atoms with Crippen molar-refractivity contribution in [3.05, 3.63) is 33.9 Å². The summed E-state index contributed by atoms with van der Waals surface area (Å²) in [4.78, 5) is 0. The Morgan fingerprint density at radius 2 is 1.85 bits per heavy atom. The molecule has 0 aliphatic rings. The van der Waals surface area contributed by atoms with Crippen LogP contribution in [-0.2, 0) is 7.05 Å². The SMILES string of the molecule is CC(C)c1nn(C)c(Nc2c(F)cc(Br)cc2F)c1N. The Labute approximate surface area is 124 Å². The summed E-state index contributed by atoms with van der Waals surface area (Å²) in [5.41, 5.74) is 6.81. The van der Waals surface area contributed by atoms with E-state index in [1.54, 1.807) is 7.05 Å². The topological polar surface area (TPSA) is 55.9 Å². The number of nitrogens with zero attached hydrogens (tertiary/aromatic N) is 2. The van der Waals surface area contributed by atoms with Crippen LogP contribution in [-0.4, -0.2) is 9.78 Å². The van der Waals surface area contributed by atoms with Gasteiger partial charge in [-0.15, -0.1) is 0 Å². The molecule has 0 aliphatic heterocycles. The van der Waals surface area contributed by atoms with E-state index in [2.05, 4.69) is 26.3 Å². The zero-order valence-electron chi connectivity index (χ0n) is 11.3. The molecule has 0 spiro atoms. The molecule has 2 aromatic rings. The summed E-state index contributed by atoms with van der Waals surface area (Å²) in [5, 5.41) is 6.94. The highest BCUT2D eigenvalue weighted by molar-refractivity contribution is 9.10. The number of nitrogens with one attached hydrogen (secondary N) is 1. The molecular formula is C13H15BrF2N4. The predicted octanol–water partition coefficient (Wildman–Crippen LogP) is 3.91. The lowest BCUT2D eigenvalue weighted by Gasteiger charge is -2.10. The average molecular weight is 345 g/mol. The quantitative estimate of drug-likeness (QED) is 0.887. The summed E-state index contributed by atoms with van der Waals surface area (Å²) in [7, 11) is 1.67. The van der Waals surface area contributed by atoms with Gasteiger partial charge in [-0.2, -0.15) is 5.10 Å². The molecule has 7 heteroatoms. The van der Waals surface area contributed by atoms with Crippen molar-refractivity contribution in [3.8, 4) is 0 Å². The minimum Gasteiger partial charge on any atom is -0.394 e. The first-order valence-electron chi connectivity index (χ1n) is 6.05. The molecule has 0 saturated carbocycles. The van der Waals surface area contributed by atoms with Crippen LogP contribution in [0.2, 0.25) is 0 Å². The van der Waals surface area contributed by atoms with Crippen LogP contribution >= 0.6 is 15.9 Å². The van der Waals surface area contributed by atoms with Crippen molar-refractivity contribution in [2.45, 2.75) is 19.8 Å². The normalized spacial score (nSPS) is 11.2. The van der Waals surface area contributed by atoms with Gasteiger partial charge >= 0.3 is 0 Å². The molecule has 3 N–H and O–H groups in total. The molecule has 0 radical (unpaired) electrons. The second kappa shape index (κ2) is 5.40. The summed E-state index contributed by atoms with van der Waals surface area (Å²) in [6, 6.07) is 2.36. The van der Waals surface area contributed by atoms with E-state index < -0.39 is 11.6 Å². The van der Waals surface area contributed by atoms with Crippen molar-refractivity contribution in [1.29, 1.82) is 0 Å².